The standard InChI is InChI=1S/C18H15N3O/c1-3-22-13-6-7-17-14(10-13)15(11-21(17)2)16-9-12-5-4-8-19-18(12)20-16/h3-11H,1H2,2H3,(H,19,20). The van der Waals surface area contributed by atoms with Crippen LogP contribution in [0.5, 0.6) is 5.75 Å². The molecule has 4 rings (SSSR count). The number of fused-ring (bicyclic) bond motifs is 2. The maximum absolute atomic E-state index is 5.41. The van der Waals surface area contributed by atoms with Crippen molar-refractivity contribution in [1.82, 2.24) is 14.5 Å². The molecule has 108 valence electrons. The van der Waals surface area contributed by atoms with Crippen LogP contribution in [0.1, 0.15) is 0 Å². The third-order valence-corrected chi connectivity index (χ3v) is 3.86. The van der Waals surface area contributed by atoms with Crippen molar-refractivity contribution in [2.45, 2.75) is 0 Å². The summed E-state index contributed by atoms with van der Waals surface area (Å²) in [6, 6.07) is 12.2. The Morgan fingerprint density at radius 1 is 1.27 bits per heavy atom. The summed E-state index contributed by atoms with van der Waals surface area (Å²) in [5, 5.41) is 2.24. The number of nitrogens with zero attached hydrogens (tertiary/aromatic N) is 2. The number of ether oxygens (including phenoxy) is 1. The van der Waals surface area contributed by atoms with Crippen molar-refractivity contribution < 1.29 is 4.74 Å². The van der Waals surface area contributed by atoms with Gasteiger partial charge in [-0.1, -0.05) is 0 Å². The molecule has 1 N–H and O–H groups in total. The topological polar surface area (TPSA) is 42.8 Å². The van der Waals surface area contributed by atoms with E-state index in [2.05, 4.69) is 45.9 Å². The second-order valence-electron chi connectivity index (χ2n) is 5.24. The van der Waals surface area contributed by atoms with E-state index in [1.165, 1.54) is 6.61 Å². The van der Waals surface area contributed by atoms with E-state index in [9.17, 15) is 0 Å². The predicted molar refractivity (Wildman–Crippen MR) is 88.3 cm³/mol. The number of nitrogens with one attached hydrogen (secondary N) is 1. The van der Waals surface area contributed by atoms with Gasteiger partial charge in [0.15, 0.2) is 0 Å². The van der Waals surface area contributed by atoms with Crippen LogP contribution in [0.4, 0.5) is 0 Å². The first-order chi connectivity index (χ1) is 10.8. The van der Waals surface area contributed by atoms with Crippen LogP contribution >= 0.6 is 0 Å². The van der Waals surface area contributed by atoms with Crippen molar-refractivity contribution in [3.63, 3.8) is 0 Å². The molecule has 3 aromatic heterocycles. The number of aromatic amines is 1. The molecule has 4 heteroatoms. The first-order valence-corrected chi connectivity index (χ1v) is 7.07. The molecule has 0 amide bonds. The molecule has 0 aliphatic rings. The number of rotatable bonds is 3. The molecular formula is C18H15N3O. The molecule has 4 nitrogen and oxygen atoms in total. The predicted octanol–water partition coefficient (Wildman–Crippen LogP) is 4.10. The Morgan fingerprint density at radius 3 is 3.00 bits per heavy atom. The lowest BCUT2D eigenvalue weighted by atomic mass is 10.1. The molecule has 4 aromatic rings. The largest absolute Gasteiger partial charge is 0.487 e. The Hall–Kier alpha value is -2.75. The van der Waals surface area contributed by atoms with Crippen LogP contribution in [0, 0.1) is 13.5 Å². The molecule has 0 aliphatic heterocycles. The van der Waals surface area contributed by atoms with E-state index in [0.717, 1.165) is 38.9 Å². The zero-order valence-electron chi connectivity index (χ0n) is 12.2. The average molecular weight is 289 g/mol. The maximum atomic E-state index is 5.41. The third kappa shape index (κ3) is 1.96. The second-order valence-corrected chi connectivity index (χ2v) is 5.24. The van der Waals surface area contributed by atoms with E-state index < -0.39 is 0 Å². The van der Waals surface area contributed by atoms with Crippen molar-refractivity contribution in [1.29, 1.82) is 0 Å². The molecule has 0 spiro atoms. The zero-order chi connectivity index (χ0) is 15.1. The van der Waals surface area contributed by atoms with Crippen LogP contribution < -0.4 is 4.74 Å². The number of hydrogen-bond donors (Lipinski definition) is 1. The smallest absolute Gasteiger partial charge is 0.137 e. The summed E-state index contributed by atoms with van der Waals surface area (Å²) in [6.45, 7) is 5.05. The summed E-state index contributed by atoms with van der Waals surface area (Å²) in [6.07, 6.45) is 3.91. The van der Waals surface area contributed by atoms with Crippen LogP contribution in [0.15, 0.2) is 48.8 Å². The van der Waals surface area contributed by atoms with Crippen molar-refractivity contribution in [2.75, 3.05) is 0 Å². The van der Waals surface area contributed by atoms with E-state index in [1.54, 1.807) is 6.20 Å². The van der Waals surface area contributed by atoms with Gasteiger partial charge in [0.05, 0.1) is 0 Å². The fraction of sp³-hybridized carbons (Fsp3) is 0.0556. The highest BCUT2D eigenvalue weighted by Gasteiger charge is 2.12. The minimum absolute atomic E-state index is 0.782. The van der Waals surface area contributed by atoms with Crippen LogP contribution in [0.25, 0.3) is 33.2 Å². The van der Waals surface area contributed by atoms with E-state index in [1.807, 2.05) is 25.2 Å². The summed E-state index contributed by atoms with van der Waals surface area (Å²) in [5.41, 5.74) is 4.23. The number of benzene rings is 1. The van der Waals surface area contributed by atoms with Crippen molar-refractivity contribution >= 4 is 21.9 Å². The molecule has 0 aliphatic carbocycles. The summed E-state index contributed by atoms with van der Waals surface area (Å²) >= 11 is 0. The van der Waals surface area contributed by atoms with E-state index in [-0.39, 0.29) is 0 Å². The number of aryl methyl sites for hydroxylation is 1. The number of H-pyrrole nitrogens is 1. The van der Waals surface area contributed by atoms with Gasteiger partial charge in [-0.05, 0) is 43.3 Å². The van der Waals surface area contributed by atoms with Gasteiger partial charge in [0.25, 0.3) is 0 Å². The quantitative estimate of drug-likeness (QED) is 0.617. The van der Waals surface area contributed by atoms with Gasteiger partial charge >= 0.3 is 0 Å². The second kappa shape index (κ2) is 4.91. The summed E-state index contributed by atoms with van der Waals surface area (Å²) in [7, 11) is 2.04. The van der Waals surface area contributed by atoms with E-state index in [0.29, 0.717) is 0 Å². The lowest BCUT2D eigenvalue weighted by Gasteiger charge is -2.03. The highest BCUT2D eigenvalue weighted by atomic mass is 16.5. The SMILES string of the molecule is [CH2][CH]Oc1ccc2c(c1)c(-c1cc3cccnc3[nH]1)cn2C. The minimum Gasteiger partial charge on any atom is -0.487 e. The minimum atomic E-state index is 0.782. The molecule has 0 unspecified atom stereocenters. The number of pyridine rings is 1. The summed E-state index contributed by atoms with van der Waals surface area (Å²) < 4.78 is 7.52. The molecule has 0 bridgehead atoms. The molecule has 3 heterocycles. The van der Waals surface area contributed by atoms with Gasteiger partial charge in [-0.3, -0.25) is 0 Å². The van der Waals surface area contributed by atoms with Crippen molar-refractivity contribution in [3.05, 3.63) is 62.3 Å². The Kier molecular flexibility index (Phi) is 2.89. The number of aromatic nitrogens is 3. The average Bonchev–Trinajstić information content (AvgIpc) is 3.09. The van der Waals surface area contributed by atoms with Crippen LogP contribution in [0.2, 0.25) is 0 Å². The fourth-order valence-corrected chi connectivity index (χ4v) is 2.86. The van der Waals surface area contributed by atoms with E-state index >= 15 is 0 Å². The lowest BCUT2D eigenvalue weighted by molar-refractivity contribution is 0.433. The Bertz CT molecular complexity index is 932. The maximum Gasteiger partial charge on any atom is 0.137 e. The van der Waals surface area contributed by atoms with Crippen molar-refractivity contribution in [2.24, 2.45) is 7.05 Å². The Balaban J connectivity index is 1.94. The van der Waals surface area contributed by atoms with Crippen LogP contribution in [0.3, 0.4) is 0 Å². The van der Waals surface area contributed by atoms with Gasteiger partial charge in [0, 0.05) is 47.0 Å². The molecule has 0 fully saturated rings. The third-order valence-electron chi connectivity index (χ3n) is 3.86. The van der Waals surface area contributed by atoms with Gasteiger partial charge in [0.2, 0.25) is 0 Å². The van der Waals surface area contributed by atoms with Gasteiger partial charge in [-0.15, -0.1) is 0 Å². The molecule has 2 radical (unpaired) electrons. The summed E-state index contributed by atoms with van der Waals surface area (Å²) in [4.78, 5) is 7.74. The molecule has 1 aromatic carbocycles. The highest BCUT2D eigenvalue weighted by Crippen LogP contribution is 2.33. The van der Waals surface area contributed by atoms with Gasteiger partial charge in [-0.2, -0.15) is 0 Å². The van der Waals surface area contributed by atoms with Gasteiger partial charge in [-0.25, -0.2) is 4.98 Å². The molecule has 22 heavy (non-hydrogen) atoms. The lowest BCUT2D eigenvalue weighted by Crippen LogP contribution is -1.86. The number of hydrogen-bond acceptors (Lipinski definition) is 2. The molecule has 0 saturated heterocycles. The Morgan fingerprint density at radius 2 is 2.18 bits per heavy atom. The van der Waals surface area contributed by atoms with Gasteiger partial charge in [0.1, 0.15) is 18.0 Å². The van der Waals surface area contributed by atoms with Crippen LogP contribution in [-0.2, 0) is 7.05 Å². The molecule has 0 atom stereocenters. The summed E-state index contributed by atoms with van der Waals surface area (Å²) in [5.74, 6) is 0.782. The van der Waals surface area contributed by atoms with E-state index in [4.69, 9.17) is 4.74 Å². The monoisotopic (exact) mass is 289 g/mol. The fourth-order valence-electron chi connectivity index (χ4n) is 2.86. The van der Waals surface area contributed by atoms with Gasteiger partial charge < -0.3 is 14.3 Å². The van der Waals surface area contributed by atoms with Crippen molar-refractivity contribution in [3.8, 4) is 17.0 Å². The normalized spacial score (nSPS) is 11.4. The first-order valence-electron chi connectivity index (χ1n) is 7.07. The van der Waals surface area contributed by atoms with Crippen LogP contribution in [-0.4, -0.2) is 14.5 Å². The molecular weight excluding hydrogens is 274 g/mol. The highest BCUT2D eigenvalue weighted by molar-refractivity contribution is 5.98. The first kappa shape index (κ1) is 13.0. The zero-order valence-corrected chi connectivity index (χ0v) is 12.2. The molecule has 0 saturated carbocycles. The Labute approximate surface area is 128 Å².